The molecule has 0 saturated heterocycles. The van der Waals surface area contributed by atoms with Crippen LogP contribution in [0.25, 0.3) is 61.3 Å². The number of benzene rings is 5. The zero-order valence-electron chi connectivity index (χ0n) is 78.9. The molecular formula is C99H101F2N25O7S6. The Morgan fingerprint density at radius 1 is 0.295 bits per heavy atom. The highest BCUT2D eigenvalue weighted by Gasteiger charge is 2.28. The molecule has 40 heteroatoms. The number of methoxy groups -OCH3 is 1. The number of thiophene rings is 6. The maximum atomic E-state index is 14.0. The number of nitrogens with one attached hydrogen (secondary N) is 6. The SMILES string of the molecule is COc1ccc(CNC(=O)c2sc3nnc(C)c(C)c3c2N)cc1.Cc1ccc(F)c(CNC(=O)c2sc3nnc(C)c(C)c3c2N)c1.Cc1cccc(CNC(=O)c2sc3nnc(C)c(C)c3c2N)c1.Cc1cccc(CNC(=O)c2sc3nnc(C)c(C)c3c2N)c1F.Cc1nnc2sc(C(=O)NCc3ccccc3)c(N)c2c1C.Cc1nnc2sc(C(=O)NCc3ccncc3)c(N)c2c1C. The summed E-state index contributed by atoms with van der Waals surface area (Å²) in [5.41, 5.74) is 57.8. The fourth-order valence-corrected chi connectivity index (χ4v) is 20.5. The minimum absolute atomic E-state index is 0.101. The number of nitrogens with zero attached hydrogens (tertiary/aromatic N) is 13. The van der Waals surface area contributed by atoms with E-state index in [4.69, 9.17) is 39.1 Å². The number of aryl methyl sites for hydroxylation is 15. The summed E-state index contributed by atoms with van der Waals surface area (Å²) in [6.45, 7) is 30.4. The van der Waals surface area contributed by atoms with Crippen LogP contribution in [0.5, 0.6) is 5.75 Å². The summed E-state index contributed by atoms with van der Waals surface area (Å²) in [7, 11) is 1.62. The van der Waals surface area contributed by atoms with Gasteiger partial charge in [0, 0.05) is 95.1 Å². The predicted octanol–water partition coefficient (Wildman–Crippen LogP) is 17.5. The zero-order chi connectivity index (χ0) is 100. The average molecular weight is 1980 g/mol. The minimum Gasteiger partial charge on any atom is -0.497 e. The van der Waals surface area contributed by atoms with Gasteiger partial charge in [-0.15, -0.1) is 98.6 Å². The van der Waals surface area contributed by atoms with E-state index in [-0.39, 0.29) is 60.2 Å². The van der Waals surface area contributed by atoms with E-state index >= 15 is 0 Å². The van der Waals surface area contributed by atoms with Gasteiger partial charge in [0.15, 0.2) is 0 Å². The summed E-state index contributed by atoms with van der Waals surface area (Å²) in [6, 6.07) is 38.9. The first-order chi connectivity index (χ1) is 66.4. The van der Waals surface area contributed by atoms with Gasteiger partial charge in [0.25, 0.3) is 35.4 Å². The molecule has 139 heavy (non-hydrogen) atoms. The topological polar surface area (TPSA) is 508 Å². The number of anilines is 6. The summed E-state index contributed by atoms with van der Waals surface area (Å²) in [6.07, 6.45) is 3.38. The van der Waals surface area contributed by atoms with Gasteiger partial charge in [0.1, 0.15) is 75.6 Å². The monoisotopic (exact) mass is 1980 g/mol. The molecule has 13 aromatic heterocycles. The molecule has 714 valence electrons. The second-order valence-corrected chi connectivity index (χ2v) is 38.5. The van der Waals surface area contributed by atoms with Crippen molar-refractivity contribution in [3.63, 3.8) is 0 Å². The molecule has 0 saturated carbocycles. The standard InChI is InChI=1S/2C17H17FN4OS.C17H18N4O2S.C17H18N4OS.C16H16N4OS.C15H15N5OS/c1-8-4-5-12(18)11(6-8)7-20-16(23)15-14(19)13-9(2)10(3)21-22-17(13)24-15;1-8-5-4-6-11(13(8)18)7-20-16(23)15-14(19)12-9(2)10(3)21-22-17(12)24-15;1-9-10(2)20-21-17-13(9)14(18)15(24-17)16(22)19-8-11-4-6-12(23-3)7-5-11;1-9-5-4-6-12(7-9)8-19-16(22)15-14(18)13-10(2)11(3)20-21-17(13)23-15;1-9-10(2)19-20-16-12(9)13(17)14(22-16)15(21)18-8-11-6-4-3-5-7-11;1-8-9(2)19-20-15-11(8)12(16)13(22-15)14(21)18-7-10-3-5-17-6-4-10/h2*4-6H,7,19H2,1-3H3,(H,20,23);4-7H,8,18H2,1-3H3,(H,19,22);4-7H,8,18H2,1-3H3,(H,19,22);3-7H,8,17H2,1-2H3,(H,18,21);3-6H,7,16H2,1-2H3,(H,18,21). The number of pyridine rings is 1. The molecule has 18 aromatic rings. The molecule has 0 radical (unpaired) electrons. The van der Waals surface area contributed by atoms with Gasteiger partial charge in [-0.3, -0.25) is 33.8 Å². The smallest absolute Gasteiger partial charge is 0.263 e. The molecule has 18 N–H and O–H groups in total. The van der Waals surface area contributed by atoms with Gasteiger partial charge in [-0.25, -0.2) is 8.78 Å². The van der Waals surface area contributed by atoms with Crippen LogP contribution in [-0.4, -0.2) is 109 Å². The van der Waals surface area contributed by atoms with Crippen LogP contribution < -0.4 is 71.0 Å². The molecule has 0 atom stereocenters. The number of ether oxygens (including phenoxy) is 1. The highest BCUT2D eigenvalue weighted by atomic mass is 32.1. The van der Waals surface area contributed by atoms with E-state index in [1.807, 2.05) is 188 Å². The van der Waals surface area contributed by atoms with Crippen molar-refractivity contribution in [2.24, 2.45) is 0 Å². The second-order valence-electron chi connectivity index (χ2n) is 32.5. The lowest BCUT2D eigenvalue weighted by Crippen LogP contribution is -2.23. The quantitative estimate of drug-likeness (QED) is 0.0358. The first-order valence-corrected chi connectivity index (χ1v) is 48.2. The number of amides is 6. The Labute approximate surface area is 822 Å². The third-order valence-electron chi connectivity index (χ3n) is 23.0. The van der Waals surface area contributed by atoms with Gasteiger partial charge in [0.2, 0.25) is 0 Å². The third kappa shape index (κ3) is 23.2. The van der Waals surface area contributed by atoms with E-state index in [9.17, 15) is 37.5 Å². The minimum atomic E-state index is -0.345. The number of halogens is 2. The number of hydrogen-bond donors (Lipinski definition) is 12. The highest BCUT2D eigenvalue weighted by Crippen LogP contribution is 2.41. The number of fused-ring (bicyclic) bond motifs is 6. The summed E-state index contributed by atoms with van der Waals surface area (Å²) in [4.78, 5) is 85.2. The first-order valence-electron chi connectivity index (χ1n) is 43.3. The molecule has 0 aliphatic carbocycles. The predicted molar refractivity (Wildman–Crippen MR) is 552 cm³/mol. The molecule has 0 bridgehead atoms. The van der Waals surface area contributed by atoms with Crippen molar-refractivity contribution in [3.05, 3.63) is 298 Å². The molecule has 18 rings (SSSR count). The van der Waals surface area contributed by atoms with Crippen LogP contribution in [0.2, 0.25) is 0 Å². The van der Waals surface area contributed by atoms with Crippen molar-refractivity contribution < 1.29 is 42.3 Å². The highest BCUT2D eigenvalue weighted by molar-refractivity contribution is 7.23. The van der Waals surface area contributed by atoms with Crippen molar-refractivity contribution in [2.45, 2.75) is 143 Å². The van der Waals surface area contributed by atoms with E-state index in [0.29, 0.717) is 135 Å². The molecule has 0 spiro atoms. The van der Waals surface area contributed by atoms with Crippen molar-refractivity contribution in [2.75, 3.05) is 41.5 Å². The van der Waals surface area contributed by atoms with Crippen LogP contribution >= 0.6 is 68.0 Å². The van der Waals surface area contributed by atoms with Crippen molar-refractivity contribution in [1.29, 1.82) is 0 Å². The van der Waals surface area contributed by atoms with Gasteiger partial charge in [-0.2, -0.15) is 30.6 Å². The number of carbonyl (C=O) groups is 6. The van der Waals surface area contributed by atoms with Crippen LogP contribution in [0.1, 0.15) is 176 Å². The van der Waals surface area contributed by atoms with Gasteiger partial charge < -0.3 is 71.0 Å². The average Bonchev–Trinajstić information content (AvgIpc) is 1.66. The maximum Gasteiger partial charge on any atom is 0.263 e. The molecule has 0 unspecified atom stereocenters. The van der Waals surface area contributed by atoms with Crippen LogP contribution in [0.15, 0.2) is 140 Å². The van der Waals surface area contributed by atoms with Crippen LogP contribution in [0.4, 0.5) is 42.9 Å². The molecule has 0 fully saturated rings. The Bertz CT molecular complexity index is 7470. The Hall–Kier alpha value is -15.2. The molecule has 5 aromatic carbocycles. The Balaban J connectivity index is 0.000000141. The van der Waals surface area contributed by atoms with Crippen molar-refractivity contribution >= 4 is 199 Å². The zero-order valence-corrected chi connectivity index (χ0v) is 83.8. The van der Waals surface area contributed by atoms with E-state index in [1.165, 1.54) is 79.7 Å². The molecule has 32 nitrogen and oxygen atoms in total. The fourth-order valence-electron chi connectivity index (χ4n) is 14.4. The number of aromatic nitrogens is 13. The normalized spacial score (nSPS) is 10.9. The van der Waals surface area contributed by atoms with Gasteiger partial charge in [0.05, 0.1) is 75.4 Å². The van der Waals surface area contributed by atoms with E-state index < -0.39 is 0 Å². The van der Waals surface area contributed by atoms with E-state index in [1.54, 1.807) is 56.8 Å². The van der Waals surface area contributed by atoms with Gasteiger partial charge >= 0.3 is 0 Å². The van der Waals surface area contributed by atoms with Crippen LogP contribution in [0, 0.1) is 115 Å². The molecule has 0 aliphatic heterocycles. The Morgan fingerprint density at radius 2 is 0.576 bits per heavy atom. The number of rotatable bonds is 19. The van der Waals surface area contributed by atoms with E-state index in [0.717, 1.165) is 133 Å². The van der Waals surface area contributed by atoms with Crippen molar-refractivity contribution in [1.82, 2.24) is 98.1 Å². The first kappa shape index (κ1) is 101. The summed E-state index contributed by atoms with van der Waals surface area (Å²) >= 11 is 7.48. The largest absolute Gasteiger partial charge is 0.497 e. The summed E-state index contributed by atoms with van der Waals surface area (Å²) in [5.74, 6) is -1.31. The molecular weight excluding hydrogens is 1880 g/mol. The molecule has 0 aliphatic rings. The second kappa shape index (κ2) is 44.7. The van der Waals surface area contributed by atoms with Gasteiger partial charge in [-0.1, -0.05) is 108 Å². The Morgan fingerprint density at radius 3 is 0.899 bits per heavy atom. The third-order valence-corrected chi connectivity index (χ3v) is 29.6. The lowest BCUT2D eigenvalue weighted by atomic mass is 10.1. The van der Waals surface area contributed by atoms with Crippen molar-refractivity contribution in [3.8, 4) is 5.75 Å². The van der Waals surface area contributed by atoms with E-state index in [2.05, 4.69) is 98.1 Å². The lowest BCUT2D eigenvalue weighted by Gasteiger charge is -2.07. The number of carbonyl (C=O) groups excluding carboxylic acids is 6. The number of hydrogen-bond acceptors (Lipinski definition) is 32. The maximum absolute atomic E-state index is 14.0. The fraction of sp³-hybridized carbons (Fsp3) is 0.222. The van der Waals surface area contributed by atoms with Crippen LogP contribution in [0.3, 0.4) is 0 Å². The molecule has 6 amide bonds. The number of nitrogen functional groups attached to an aromatic ring is 6. The molecule has 13 heterocycles. The summed E-state index contributed by atoms with van der Waals surface area (Å²) < 4.78 is 32.9. The van der Waals surface area contributed by atoms with Gasteiger partial charge in [-0.05, 0) is 195 Å². The number of nitrogens with two attached hydrogens (primary N) is 6. The Kier molecular flexibility index (Phi) is 32.6. The van der Waals surface area contributed by atoms with Crippen LogP contribution in [-0.2, 0) is 39.3 Å². The summed E-state index contributed by atoms with van der Waals surface area (Å²) in [5, 5.41) is 71.1. The lowest BCUT2D eigenvalue weighted by molar-refractivity contribution is 0.0947.